The highest BCUT2D eigenvalue weighted by molar-refractivity contribution is 7.89. The van der Waals surface area contributed by atoms with E-state index in [1.54, 1.807) is 40.8 Å². The van der Waals surface area contributed by atoms with E-state index in [2.05, 4.69) is 4.98 Å². The summed E-state index contributed by atoms with van der Waals surface area (Å²) in [5.74, 6) is 0.604. The predicted octanol–water partition coefficient (Wildman–Crippen LogP) is 2.98. The highest BCUT2D eigenvalue weighted by Crippen LogP contribution is 2.39. The second-order valence-electron chi connectivity index (χ2n) is 8.80. The number of hydrogen-bond acceptors (Lipinski definition) is 4. The Balaban J connectivity index is 1.60. The average Bonchev–Trinajstić information content (AvgIpc) is 3.26. The van der Waals surface area contributed by atoms with E-state index in [1.807, 2.05) is 24.8 Å². The molecule has 1 spiro atoms. The van der Waals surface area contributed by atoms with Crippen molar-refractivity contribution in [1.82, 2.24) is 14.2 Å². The van der Waals surface area contributed by atoms with Crippen LogP contribution >= 0.6 is 0 Å². The van der Waals surface area contributed by atoms with Gasteiger partial charge < -0.3 is 14.6 Å². The Bertz CT molecular complexity index is 993. The summed E-state index contributed by atoms with van der Waals surface area (Å²) in [6.07, 6.45) is 3.14. The van der Waals surface area contributed by atoms with E-state index in [9.17, 15) is 13.2 Å². The summed E-state index contributed by atoms with van der Waals surface area (Å²) in [5, 5.41) is 0. The van der Waals surface area contributed by atoms with E-state index >= 15 is 0 Å². The summed E-state index contributed by atoms with van der Waals surface area (Å²) in [6.45, 7) is 6.54. The van der Waals surface area contributed by atoms with Crippen LogP contribution in [0.5, 0.6) is 5.75 Å². The fraction of sp³-hybridized carbons (Fsp3) is 0.500. The van der Waals surface area contributed by atoms with Crippen molar-refractivity contribution in [3.8, 4) is 5.75 Å². The number of benzene rings is 1. The third kappa shape index (κ3) is 3.98. The summed E-state index contributed by atoms with van der Waals surface area (Å²) >= 11 is 0. The van der Waals surface area contributed by atoms with Crippen LogP contribution in [0.25, 0.3) is 0 Å². The first-order chi connectivity index (χ1) is 14.3. The molecule has 1 fully saturated rings. The first-order valence-corrected chi connectivity index (χ1v) is 11.9. The molecule has 1 aromatic heterocycles. The van der Waals surface area contributed by atoms with E-state index in [-0.39, 0.29) is 22.1 Å². The van der Waals surface area contributed by atoms with E-state index in [1.165, 1.54) is 0 Å². The molecule has 1 amide bonds. The zero-order valence-electron chi connectivity index (χ0n) is 17.5. The SMILES string of the molecule is CC(C)CN1CC2(CCN(C(=O)c3ccc[nH]3)CC2)COc2ccccc2S1(=O)=O. The smallest absolute Gasteiger partial charge is 0.270 e. The molecule has 2 aliphatic rings. The van der Waals surface area contributed by atoms with Crippen molar-refractivity contribution in [3.63, 3.8) is 0 Å². The van der Waals surface area contributed by atoms with E-state index in [4.69, 9.17) is 4.74 Å². The van der Waals surface area contributed by atoms with Gasteiger partial charge in [-0.15, -0.1) is 0 Å². The third-order valence-electron chi connectivity index (χ3n) is 6.02. The lowest BCUT2D eigenvalue weighted by molar-refractivity contribution is 0.0288. The van der Waals surface area contributed by atoms with Crippen LogP contribution in [0.15, 0.2) is 47.5 Å². The average molecular weight is 432 g/mol. The minimum atomic E-state index is -3.66. The summed E-state index contributed by atoms with van der Waals surface area (Å²) in [5.41, 5.74) is 0.264. The second kappa shape index (κ2) is 8.07. The molecular weight excluding hydrogens is 402 g/mol. The number of carbonyl (C=O) groups is 1. The number of rotatable bonds is 3. The van der Waals surface area contributed by atoms with Crippen molar-refractivity contribution >= 4 is 15.9 Å². The molecule has 0 bridgehead atoms. The number of para-hydroxylation sites is 1. The Morgan fingerprint density at radius 2 is 1.90 bits per heavy atom. The van der Waals surface area contributed by atoms with Crippen LogP contribution in [0.4, 0.5) is 0 Å². The van der Waals surface area contributed by atoms with Gasteiger partial charge in [0.2, 0.25) is 10.0 Å². The monoisotopic (exact) mass is 431 g/mol. The Hall–Kier alpha value is -2.32. The maximum atomic E-state index is 13.4. The number of nitrogens with zero attached hydrogens (tertiary/aromatic N) is 2. The molecule has 1 N–H and O–H groups in total. The number of ether oxygens (including phenoxy) is 1. The van der Waals surface area contributed by atoms with E-state index in [0.29, 0.717) is 57.1 Å². The number of nitrogens with one attached hydrogen (secondary N) is 1. The molecule has 7 nitrogen and oxygen atoms in total. The normalized spacial score (nSPS) is 21.0. The number of hydrogen-bond donors (Lipinski definition) is 1. The van der Waals surface area contributed by atoms with Gasteiger partial charge in [0.25, 0.3) is 5.91 Å². The molecule has 162 valence electrons. The van der Waals surface area contributed by atoms with Crippen LogP contribution in [0.2, 0.25) is 0 Å². The summed E-state index contributed by atoms with van der Waals surface area (Å²) < 4.78 is 34.6. The maximum absolute atomic E-state index is 13.4. The van der Waals surface area contributed by atoms with Gasteiger partial charge in [-0.3, -0.25) is 4.79 Å². The summed E-state index contributed by atoms with van der Waals surface area (Å²) in [7, 11) is -3.66. The van der Waals surface area contributed by atoms with Crippen molar-refractivity contribution in [1.29, 1.82) is 0 Å². The van der Waals surface area contributed by atoms with Crippen molar-refractivity contribution < 1.29 is 17.9 Å². The Labute approximate surface area is 178 Å². The molecule has 3 heterocycles. The number of sulfonamides is 1. The highest BCUT2D eigenvalue weighted by Gasteiger charge is 2.43. The molecule has 0 atom stereocenters. The van der Waals surface area contributed by atoms with Crippen LogP contribution in [0.3, 0.4) is 0 Å². The molecule has 0 saturated carbocycles. The van der Waals surface area contributed by atoms with Gasteiger partial charge >= 0.3 is 0 Å². The zero-order chi connectivity index (χ0) is 21.4. The fourth-order valence-electron chi connectivity index (χ4n) is 4.35. The molecule has 2 aliphatic heterocycles. The summed E-state index contributed by atoms with van der Waals surface area (Å²) in [6, 6.07) is 10.5. The van der Waals surface area contributed by atoms with Gasteiger partial charge in [-0.25, -0.2) is 8.42 Å². The molecule has 1 aromatic carbocycles. The van der Waals surface area contributed by atoms with Crippen LogP contribution < -0.4 is 4.74 Å². The number of carbonyl (C=O) groups excluding carboxylic acids is 1. The minimum Gasteiger partial charge on any atom is -0.492 e. The lowest BCUT2D eigenvalue weighted by atomic mass is 9.78. The Kier molecular flexibility index (Phi) is 5.63. The second-order valence-corrected chi connectivity index (χ2v) is 10.7. The van der Waals surface area contributed by atoms with Gasteiger partial charge in [0, 0.05) is 37.8 Å². The number of aromatic amines is 1. The minimum absolute atomic E-state index is 0.0152. The topological polar surface area (TPSA) is 82.7 Å². The van der Waals surface area contributed by atoms with Crippen molar-refractivity contribution in [3.05, 3.63) is 48.3 Å². The van der Waals surface area contributed by atoms with Crippen molar-refractivity contribution in [2.45, 2.75) is 31.6 Å². The van der Waals surface area contributed by atoms with Gasteiger partial charge in [0.1, 0.15) is 16.3 Å². The van der Waals surface area contributed by atoms with Crippen molar-refractivity contribution in [2.75, 3.05) is 32.8 Å². The number of likely N-dealkylation sites (tertiary alicyclic amines) is 1. The number of amides is 1. The van der Waals surface area contributed by atoms with Gasteiger partial charge in [0.05, 0.1) is 6.61 Å². The zero-order valence-corrected chi connectivity index (χ0v) is 18.3. The van der Waals surface area contributed by atoms with Crippen LogP contribution in [0.1, 0.15) is 37.2 Å². The largest absolute Gasteiger partial charge is 0.492 e. The first kappa shape index (κ1) is 20.9. The molecule has 30 heavy (non-hydrogen) atoms. The molecule has 8 heteroatoms. The van der Waals surface area contributed by atoms with E-state index < -0.39 is 10.0 Å². The van der Waals surface area contributed by atoms with Crippen molar-refractivity contribution in [2.24, 2.45) is 11.3 Å². The number of fused-ring (bicyclic) bond motifs is 1. The molecule has 0 unspecified atom stereocenters. The molecule has 0 radical (unpaired) electrons. The Morgan fingerprint density at radius 1 is 1.17 bits per heavy atom. The molecule has 2 aromatic rings. The van der Waals surface area contributed by atoms with Gasteiger partial charge in [-0.1, -0.05) is 26.0 Å². The maximum Gasteiger partial charge on any atom is 0.270 e. The number of aromatic nitrogens is 1. The van der Waals surface area contributed by atoms with Gasteiger partial charge in [-0.2, -0.15) is 4.31 Å². The fourth-order valence-corrected chi connectivity index (χ4v) is 6.20. The Morgan fingerprint density at radius 3 is 2.57 bits per heavy atom. The van der Waals surface area contributed by atoms with Crippen LogP contribution in [-0.4, -0.2) is 61.3 Å². The van der Waals surface area contributed by atoms with Crippen LogP contribution in [-0.2, 0) is 10.0 Å². The number of piperidine rings is 1. The quantitative estimate of drug-likeness (QED) is 0.810. The molecule has 1 saturated heterocycles. The lowest BCUT2D eigenvalue weighted by Gasteiger charge is -2.45. The predicted molar refractivity (Wildman–Crippen MR) is 114 cm³/mol. The lowest BCUT2D eigenvalue weighted by Crippen LogP contribution is -2.53. The van der Waals surface area contributed by atoms with Gasteiger partial charge in [0.15, 0.2) is 0 Å². The highest BCUT2D eigenvalue weighted by atomic mass is 32.2. The number of H-pyrrole nitrogens is 1. The van der Waals surface area contributed by atoms with E-state index in [0.717, 1.165) is 0 Å². The van der Waals surface area contributed by atoms with Crippen LogP contribution in [0, 0.1) is 11.3 Å². The summed E-state index contributed by atoms with van der Waals surface area (Å²) in [4.78, 5) is 17.7. The molecular formula is C22H29N3O4S. The molecule has 0 aliphatic carbocycles. The van der Waals surface area contributed by atoms with Gasteiger partial charge in [-0.05, 0) is 43.0 Å². The standard InChI is InChI=1S/C22H29N3O4S/c1-17(2)14-25-15-22(16-29-19-7-3-4-8-20(19)30(25,27)28)9-12-24(13-10-22)21(26)18-6-5-11-23-18/h3-8,11,17,23H,9-10,12-16H2,1-2H3. The third-order valence-corrected chi connectivity index (χ3v) is 7.87. The first-order valence-electron chi connectivity index (χ1n) is 10.5. The molecule has 4 rings (SSSR count).